The van der Waals surface area contributed by atoms with Crippen molar-refractivity contribution < 1.29 is 18.3 Å². The van der Waals surface area contributed by atoms with Gasteiger partial charge in [0, 0.05) is 12.3 Å². The van der Waals surface area contributed by atoms with Crippen molar-refractivity contribution in [1.29, 1.82) is 0 Å². The number of hydrogen-bond donors (Lipinski definition) is 2. The summed E-state index contributed by atoms with van der Waals surface area (Å²) in [4.78, 5) is 10.9. The zero-order valence-electron chi connectivity index (χ0n) is 9.48. The van der Waals surface area contributed by atoms with Gasteiger partial charge in [-0.2, -0.15) is 0 Å². The van der Waals surface area contributed by atoms with Gasteiger partial charge >= 0.3 is 5.97 Å². The smallest absolute Gasteiger partial charge is 0.320 e. The van der Waals surface area contributed by atoms with Crippen molar-refractivity contribution in [2.75, 3.05) is 18.1 Å². The minimum absolute atomic E-state index is 0.0251. The number of rotatable bonds is 8. The summed E-state index contributed by atoms with van der Waals surface area (Å²) in [5.74, 6) is -0.491. The van der Waals surface area contributed by atoms with Crippen LogP contribution in [0, 0.1) is 5.92 Å². The first kappa shape index (κ1) is 13.4. The van der Waals surface area contributed by atoms with Crippen molar-refractivity contribution in [1.82, 2.24) is 5.32 Å². The Labute approximate surface area is 96.1 Å². The summed E-state index contributed by atoms with van der Waals surface area (Å²) < 4.78 is 22.8. The van der Waals surface area contributed by atoms with E-state index in [0.717, 1.165) is 12.8 Å². The Balaban J connectivity index is 2.30. The molecule has 0 amide bonds. The molecule has 1 atom stereocenters. The van der Waals surface area contributed by atoms with Crippen LogP contribution in [-0.4, -0.2) is 43.6 Å². The van der Waals surface area contributed by atoms with E-state index in [1.54, 1.807) is 0 Å². The van der Waals surface area contributed by atoms with Crippen LogP contribution in [0.1, 0.15) is 26.2 Å². The van der Waals surface area contributed by atoms with E-state index in [1.807, 2.05) is 6.92 Å². The lowest BCUT2D eigenvalue weighted by Crippen LogP contribution is -2.41. The highest BCUT2D eigenvalue weighted by Crippen LogP contribution is 2.32. The van der Waals surface area contributed by atoms with E-state index in [2.05, 4.69) is 5.32 Å². The summed E-state index contributed by atoms with van der Waals surface area (Å²) in [6.07, 6.45) is 2.45. The number of aliphatic carboxylic acids is 1. The fourth-order valence-corrected chi connectivity index (χ4v) is 2.92. The van der Waals surface area contributed by atoms with Crippen LogP contribution in [0.25, 0.3) is 0 Å². The summed E-state index contributed by atoms with van der Waals surface area (Å²) in [6, 6.07) is -0.572. The lowest BCUT2D eigenvalue weighted by molar-refractivity contribution is -0.140. The van der Waals surface area contributed by atoms with Gasteiger partial charge in [0.2, 0.25) is 0 Å². The van der Waals surface area contributed by atoms with Crippen LogP contribution >= 0.6 is 0 Å². The Morgan fingerprint density at radius 2 is 2.06 bits per heavy atom. The molecule has 1 saturated carbocycles. The van der Waals surface area contributed by atoms with E-state index in [-0.39, 0.29) is 24.0 Å². The zero-order valence-corrected chi connectivity index (χ0v) is 10.3. The first-order valence-corrected chi connectivity index (χ1v) is 7.45. The minimum atomic E-state index is -3.01. The Kier molecular flexibility index (Phi) is 4.73. The predicted octanol–water partition coefficient (Wildman–Crippen LogP) is 0.264. The maximum atomic E-state index is 11.4. The van der Waals surface area contributed by atoms with Gasteiger partial charge < -0.3 is 10.4 Å². The lowest BCUT2D eigenvalue weighted by Gasteiger charge is -2.13. The Morgan fingerprint density at radius 3 is 2.50 bits per heavy atom. The summed E-state index contributed by atoms with van der Waals surface area (Å²) in [5, 5.41) is 11.7. The molecule has 5 nitrogen and oxygen atoms in total. The van der Waals surface area contributed by atoms with Gasteiger partial charge in [0.15, 0.2) is 9.84 Å². The number of carboxylic acid groups (broad SMARTS) is 1. The summed E-state index contributed by atoms with van der Waals surface area (Å²) in [7, 11) is -3.01. The van der Waals surface area contributed by atoms with Crippen molar-refractivity contribution in [2.45, 2.75) is 32.2 Å². The van der Waals surface area contributed by atoms with Gasteiger partial charge in [-0.15, -0.1) is 0 Å². The molecule has 1 unspecified atom stereocenters. The molecule has 1 aliphatic rings. The molecule has 0 heterocycles. The third-order valence-corrected chi connectivity index (χ3v) is 4.51. The number of carbonyl (C=O) groups is 1. The van der Waals surface area contributed by atoms with Crippen LogP contribution in [0.3, 0.4) is 0 Å². The Bertz CT molecular complexity index is 335. The largest absolute Gasteiger partial charge is 0.480 e. The number of hydrogen-bond acceptors (Lipinski definition) is 4. The van der Waals surface area contributed by atoms with E-state index < -0.39 is 21.8 Å². The normalized spacial score (nSPS) is 18.3. The van der Waals surface area contributed by atoms with E-state index in [4.69, 9.17) is 5.11 Å². The number of sulfone groups is 1. The Morgan fingerprint density at radius 1 is 1.44 bits per heavy atom. The minimum Gasteiger partial charge on any atom is -0.480 e. The topological polar surface area (TPSA) is 83.5 Å². The highest BCUT2D eigenvalue weighted by molar-refractivity contribution is 7.91. The van der Waals surface area contributed by atoms with Gasteiger partial charge in [-0.25, -0.2) is 8.42 Å². The second-order valence-corrected chi connectivity index (χ2v) is 6.56. The molecular weight excluding hydrogens is 230 g/mol. The van der Waals surface area contributed by atoms with Gasteiger partial charge in [0.1, 0.15) is 6.04 Å². The maximum absolute atomic E-state index is 11.4. The SMILES string of the molecule is CCCS(=O)(=O)CCNC(C(=O)O)C1CC1. The van der Waals surface area contributed by atoms with Crippen LogP contribution < -0.4 is 5.32 Å². The van der Waals surface area contributed by atoms with Crippen LogP contribution in [0.5, 0.6) is 0 Å². The van der Waals surface area contributed by atoms with E-state index >= 15 is 0 Å². The first-order valence-electron chi connectivity index (χ1n) is 5.63. The van der Waals surface area contributed by atoms with Crippen molar-refractivity contribution in [2.24, 2.45) is 5.92 Å². The standard InChI is InChI=1S/C10H19NO4S/c1-2-6-16(14,15)7-5-11-9(10(12)13)8-3-4-8/h8-9,11H,2-7H2,1H3,(H,12,13). The van der Waals surface area contributed by atoms with Crippen molar-refractivity contribution in [3.63, 3.8) is 0 Å². The number of carboxylic acids is 1. The fraction of sp³-hybridized carbons (Fsp3) is 0.900. The van der Waals surface area contributed by atoms with Crippen LogP contribution in [0.15, 0.2) is 0 Å². The molecule has 0 bridgehead atoms. The molecule has 0 spiro atoms. The average molecular weight is 249 g/mol. The molecule has 0 aliphatic heterocycles. The fourth-order valence-electron chi connectivity index (χ4n) is 1.67. The second-order valence-electron chi connectivity index (χ2n) is 4.26. The van der Waals surface area contributed by atoms with Crippen molar-refractivity contribution in [3.8, 4) is 0 Å². The molecule has 1 fully saturated rings. The highest BCUT2D eigenvalue weighted by atomic mass is 32.2. The molecule has 2 N–H and O–H groups in total. The highest BCUT2D eigenvalue weighted by Gasteiger charge is 2.35. The van der Waals surface area contributed by atoms with Gasteiger partial charge in [-0.1, -0.05) is 6.92 Å². The van der Waals surface area contributed by atoms with Gasteiger partial charge in [0.25, 0.3) is 0 Å². The second kappa shape index (κ2) is 5.63. The molecule has 0 aromatic rings. The average Bonchev–Trinajstić information content (AvgIpc) is 2.95. The third kappa shape index (κ3) is 4.49. The van der Waals surface area contributed by atoms with E-state index in [1.165, 1.54) is 0 Å². The molecule has 0 saturated heterocycles. The molecule has 0 radical (unpaired) electrons. The van der Waals surface area contributed by atoms with Gasteiger partial charge in [0.05, 0.1) is 5.75 Å². The summed E-state index contributed by atoms with van der Waals surface area (Å²) in [6.45, 7) is 2.05. The lowest BCUT2D eigenvalue weighted by atomic mass is 10.2. The van der Waals surface area contributed by atoms with Crippen LogP contribution in [-0.2, 0) is 14.6 Å². The maximum Gasteiger partial charge on any atom is 0.320 e. The van der Waals surface area contributed by atoms with Crippen molar-refractivity contribution in [3.05, 3.63) is 0 Å². The van der Waals surface area contributed by atoms with Gasteiger partial charge in [-0.05, 0) is 25.2 Å². The summed E-state index contributed by atoms with van der Waals surface area (Å²) >= 11 is 0. The molecule has 6 heteroatoms. The molecular formula is C10H19NO4S. The molecule has 16 heavy (non-hydrogen) atoms. The molecule has 0 aromatic heterocycles. The third-order valence-electron chi connectivity index (χ3n) is 2.65. The summed E-state index contributed by atoms with van der Waals surface area (Å²) in [5.41, 5.74) is 0. The molecule has 1 rings (SSSR count). The predicted molar refractivity (Wildman–Crippen MR) is 61.1 cm³/mol. The van der Waals surface area contributed by atoms with Crippen LogP contribution in [0.4, 0.5) is 0 Å². The van der Waals surface area contributed by atoms with Gasteiger partial charge in [-0.3, -0.25) is 4.79 Å². The van der Waals surface area contributed by atoms with Crippen molar-refractivity contribution >= 4 is 15.8 Å². The zero-order chi connectivity index (χ0) is 12.2. The Hall–Kier alpha value is -0.620. The molecule has 1 aliphatic carbocycles. The van der Waals surface area contributed by atoms with Crippen LogP contribution in [0.2, 0.25) is 0 Å². The van der Waals surface area contributed by atoms with E-state index in [9.17, 15) is 13.2 Å². The quantitative estimate of drug-likeness (QED) is 0.645. The monoisotopic (exact) mass is 249 g/mol. The molecule has 94 valence electrons. The van der Waals surface area contributed by atoms with E-state index in [0.29, 0.717) is 6.42 Å². The number of nitrogens with one attached hydrogen (secondary N) is 1. The first-order chi connectivity index (χ1) is 7.46. The molecule has 0 aromatic carbocycles.